The van der Waals surface area contributed by atoms with E-state index in [1.165, 1.54) is 13.3 Å². The van der Waals surface area contributed by atoms with Crippen LogP contribution in [-0.4, -0.2) is 50.5 Å². The Morgan fingerprint density at radius 3 is 2.78 bits per heavy atom. The zero-order valence-corrected chi connectivity index (χ0v) is 13.2. The number of phenols is 1. The smallest absolute Gasteiger partial charge is 0.249 e. The summed E-state index contributed by atoms with van der Waals surface area (Å²) in [4.78, 5) is 23.0. The Bertz CT molecular complexity index is 560. The lowest BCUT2D eigenvalue weighted by Gasteiger charge is -2.05. The van der Waals surface area contributed by atoms with Crippen molar-refractivity contribution in [3.05, 3.63) is 23.8 Å². The van der Waals surface area contributed by atoms with Crippen LogP contribution >= 0.6 is 0 Å². The van der Waals surface area contributed by atoms with E-state index in [1.807, 2.05) is 0 Å². The zero-order chi connectivity index (χ0) is 17.1. The first-order valence-corrected chi connectivity index (χ1v) is 7.02. The number of hydrogen-bond donors (Lipinski definition) is 3. The topological polar surface area (TPSA) is 109 Å². The van der Waals surface area contributed by atoms with Crippen molar-refractivity contribution in [3.63, 3.8) is 0 Å². The van der Waals surface area contributed by atoms with Gasteiger partial charge in [-0.3, -0.25) is 9.59 Å². The highest BCUT2D eigenvalue weighted by molar-refractivity contribution is 5.97. The molecule has 0 saturated carbocycles. The van der Waals surface area contributed by atoms with E-state index in [4.69, 9.17) is 9.47 Å². The van der Waals surface area contributed by atoms with Crippen LogP contribution in [0.25, 0.3) is 0 Å². The number of phenolic OH excluding ortho intramolecular Hbond substituents is 1. The second kappa shape index (κ2) is 10.2. The van der Waals surface area contributed by atoms with Gasteiger partial charge in [0.1, 0.15) is 6.42 Å². The number of benzene rings is 1. The Hall–Kier alpha value is -2.61. The molecule has 0 aromatic heterocycles. The number of para-hydroxylation sites is 1. The van der Waals surface area contributed by atoms with Crippen LogP contribution in [0.4, 0.5) is 0 Å². The fraction of sp³-hybridized carbons (Fsp3) is 0.400. The fourth-order valence-corrected chi connectivity index (χ4v) is 1.67. The van der Waals surface area contributed by atoms with E-state index in [2.05, 4.69) is 15.8 Å². The zero-order valence-electron chi connectivity index (χ0n) is 13.2. The molecule has 126 valence electrons. The summed E-state index contributed by atoms with van der Waals surface area (Å²) in [5, 5.41) is 16.1. The molecule has 1 aromatic carbocycles. The molecule has 0 aliphatic rings. The number of hydrazone groups is 1. The predicted molar refractivity (Wildman–Crippen MR) is 84.5 cm³/mol. The summed E-state index contributed by atoms with van der Waals surface area (Å²) in [7, 11) is 3.01. The summed E-state index contributed by atoms with van der Waals surface area (Å²) >= 11 is 0. The highest BCUT2D eigenvalue weighted by atomic mass is 16.5. The van der Waals surface area contributed by atoms with Gasteiger partial charge in [-0.05, 0) is 18.6 Å². The number of methoxy groups -OCH3 is 2. The molecular weight excluding hydrogens is 302 g/mol. The minimum absolute atomic E-state index is 0.0797. The van der Waals surface area contributed by atoms with Crippen molar-refractivity contribution in [1.29, 1.82) is 0 Å². The lowest BCUT2D eigenvalue weighted by Crippen LogP contribution is -2.30. The van der Waals surface area contributed by atoms with Gasteiger partial charge in [-0.15, -0.1) is 0 Å². The van der Waals surface area contributed by atoms with Gasteiger partial charge in [0.25, 0.3) is 0 Å². The van der Waals surface area contributed by atoms with Crippen LogP contribution in [-0.2, 0) is 14.3 Å². The Labute approximate surface area is 134 Å². The van der Waals surface area contributed by atoms with Crippen molar-refractivity contribution >= 4 is 18.0 Å². The van der Waals surface area contributed by atoms with E-state index < -0.39 is 11.8 Å². The van der Waals surface area contributed by atoms with Gasteiger partial charge < -0.3 is 19.9 Å². The third-order valence-electron chi connectivity index (χ3n) is 2.81. The van der Waals surface area contributed by atoms with E-state index in [-0.39, 0.29) is 12.2 Å². The van der Waals surface area contributed by atoms with E-state index in [1.54, 1.807) is 25.3 Å². The van der Waals surface area contributed by atoms with Crippen LogP contribution in [0.15, 0.2) is 23.3 Å². The molecule has 0 atom stereocenters. The molecule has 0 radical (unpaired) electrons. The molecule has 1 aromatic rings. The van der Waals surface area contributed by atoms with Crippen LogP contribution in [0, 0.1) is 0 Å². The number of carbonyl (C=O) groups excluding carboxylic acids is 2. The van der Waals surface area contributed by atoms with Crippen LogP contribution in [0.2, 0.25) is 0 Å². The fourth-order valence-electron chi connectivity index (χ4n) is 1.67. The summed E-state index contributed by atoms with van der Waals surface area (Å²) in [6.07, 6.45) is 1.62. The van der Waals surface area contributed by atoms with Crippen molar-refractivity contribution in [2.45, 2.75) is 12.8 Å². The molecular formula is C15H21N3O5. The quantitative estimate of drug-likeness (QED) is 0.264. The number of aromatic hydroxyl groups is 1. The van der Waals surface area contributed by atoms with Crippen LogP contribution in [0.3, 0.4) is 0 Å². The highest BCUT2D eigenvalue weighted by Crippen LogP contribution is 2.27. The normalized spacial score (nSPS) is 10.5. The van der Waals surface area contributed by atoms with Crippen molar-refractivity contribution < 1.29 is 24.2 Å². The molecule has 3 N–H and O–H groups in total. The largest absolute Gasteiger partial charge is 0.504 e. The first-order valence-electron chi connectivity index (χ1n) is 7.02. The first-order chi connectivity index (χ1) is 11.1. The van der Waals surface area contributed by atoms with Crippen molar-refractivity contribution in [2.75, 3.05) is 27.4 Å². The molecule has 0 unspecified atom stereocenters. The van der Waals surface area contributed by atoms with Gasteiger partial charge in [0.15, 0.2) is 11.5 Å². The molecule has 23 heavy (non-hydrogen) atoms. The second-order valence-electron chi connectivity index (χ2n) is 4.56. The number of nitrogens with one attached hydrogen (secondary N) is 2. The minimum Gasteiger partial charge on any atom is -0.504 e. The molecule has 1 rings (SSSR count). The maximum atomic E-state index is 11.5. The molecule has 0 fully saturated rings. The standard InChI is InChI=1S/C15H21N3O5/c1-22-8-4-7-16-13(19)9-14(20)18-17-10-11-5-3-6-12(23-2)15(11)21/h3,5-6,10,21H,4,7-9H2,1-2H3,(H,16,19)(H,18,20)/b17-10-. The SMILES string of the molecule is COCCCNC(=O)CC(=O)N/N=C\c1cccc(OC)c1O. The minimum atomic E-state index is -0.548. The van der Waals surface area contributed by atoms with E-state index >= 15 is 0 Å². The Balaban J connectivity index is 2.39. The molecule has 0 aliphatic heterocycles. The average molecular weight is 323 g/mol. The summed E-state index contributed by atoms with van der Waals surface area (Å²) < 4.78 is 9.81. The van der Waals surface area contributed by atoms with Gasteiger partial charge >= 0.3 is 0 Å². The maximum absolute atomic E-state index is 11.5. The third-order valence-corrected chi connectivity index (χ3v) is 2.81. The average Bonchev–Trinajstić information content (AvgIpc) is 2.53. The molecule has 2 amide bonds. The molecule has 0 heterocycles. The molecule has 0 saturated heterocycles. The highest BCUT2D eigenvalue weighted by Gasteiger charge is 2.08. The number of rotatable bonds is 9. The summed E-state index contributed by atoms with van der Waals surface area (Å²) in [6.45, 7) is 0.988. The van der Waals surface area contributed by atoms with Crippen molar-refractivity contribution in [3.8, 4) is 11.5 Å². The van der Waals surface area contributed by atoms with Gasteiger partial charge in [0, 0.05) is 25.8 Å². The third kappa shape index (κ3) is 6.79. The lowest BCUT2D eigenvalue weighted by atomic mass is 10.2. The number of hydrogen-bond acceptors (Lipinski definition) is 6. The van der Waals surface area contributed by atoms with Gasteiger partial charge in [-0.1, -0.05) is 6.07 Å². The van der Waals surface area contributed by atoms with Gasteiger partial charge in [-0.25, -0.2) is 5.43 Å². The van der Waals surface area contributed by atoms with Crippen molar-refractivity contribution in [1.82, 2.24) is 10.7 Å². The van der Waals surface area contributed by atoms with Crippen LogP contribution < -0.4 is 15.5 Å². The first kappa shape index (κ1) is 18.4. The number of nitrogens with zero attached hydrogens (tertiary/aromatic N) is 1. The van der Waals surface area contributed by atoms with Gasteiger partial charge in [-0.2, -0.15) is 5.10 Å². The number of amides is 2. The molecule has 0 bridgehead atoms. The molecule has 8 heteroatoms. The number of ether oxygens (including phenoxy) is 2. The van der Waals surface area contributed by atoms with E-state index in [0.29, 0.717) is 30.9 Å². The summed E-state index contributed by atoms with van der Waals surface area (Å²) in [5.74, 6) is -0.717. The van der Waals surface area contributed by atoms with Gasteiger partial charge in [0.2, 0.25) is 11.8 Å². The Kier molecular flexibility index (Phi) is 8.16. The lowest BCUT2D eigenvalue weighted by molar-refractivity contribution is -0.129. The second-order valence-corrected chi connectivity index (χ2v) is 4.56. The van der Waals surface area contributed by atoms with E-state index in [0.717, 1.165) is 0 Å². The Morgan fingerprint density at radius 2 is 2.09 bits per heavy atom. The predicted octanol–water partition coefficient (Wildman–Crippen LogP) is 0.394. The van der Waals surface area contributed by atoms with Gasteiger partial charge in [0.05, 0.1) is 13.3 Å². The van der Waals surface area contributed by atoms with Crippen molar-refractivity contribution in [2.24, 2.45) is 5.10 Å². The summed E-state index contributed by atoms with van der Waals surface area (Å²) in [5.41, 5.74) is 2.60. The number of carbonyl (C=O) groups is 2. The summed E-state index contributed by atoms with van der Waals surface area (Å²) in [6, 6.07) is 4.88. The monoisotopic (exact) mass is 323 g/mol. The van der Waals surface area contributed by atoms with E-state index in [9.17, 15) is 14.7 Å². The Morgan fingerprint density at radius 1 is 1.30 bits per heavy atom. The van der Waals surface area contributed by atoms with Crippen LogP contribution in [0.5, 0.6) is 11.5 Å². The molecule has 0 aliphatic carbocycles. The van der Waals surface area contributed by atoms with Crippen LogP contribution in [0.1, 0.15) is 18.4 Å². The molecule has 8 nitrogen and oxygen atoms in total. The maximum Gasteiger partial charge on any atom is 0.249 e. The molecule has 0 spiro atoms.